The molecule has 0 unspecified atom stereocenters. The number of para-hydroxylation sites is 1. The van der Waals surface area contributed by atoms with Crippen LogP contribution in [0.5, 0.6) is 0 Å². The molecule has 0 N–H and O–H groups in total. The minimum Gasteiger partial charge on any atom is -0.453 e. The maximum Gasteiger partial charge on any atom is 0.217 e. The zero-order chi connectivity index (χ0) is 14.2. The highest BCUT2D eigenvalue weighted by Crippen LogP contribution is 2.27. The SMILES string of the molecule is CC(C)(C(=O)c1cc2ccccc2o1)N1CCCCC1. The first-order chi connectivity index (χ1) is 9.59. The number of nitrogens with zero attached hydrogens (tertiary/aromatic N) is 1. The average molecular weight is 271 g/mol. The molecule has 0 spiro atoms. The Kier molecular flexibility index (Phi) is 3.38. The Hall–Kier alpha value is -1.61. The number of carbonyl (C=O) groups excluding carboxylic acids is 1. The molecule has 2 aromatic rings. The molecule has 1 fully saturated rings. The Morgan fingerprint density at radius 3 is 2.55 bits per heavy atom. The van der Waals surface area contributed by atoms with Gasteiger partial charge in [0.2, 0.25) is 5.78 Å². The summed E-state index contributed by atoms with van der Waals surface area (Å²) in [4.78, 5) is 15.1. The molecule has 0 amide bonds. The molecule has 106 valence electrons. The molecular weight excluding hydrogens is 250 g/mol. The second kappa shape index (κ2) is 5.06. The molecule has 3 nitrogen and oxygen atoms in total. The molecule has 1 aromatic carbocycles. The van der Waals surface area contributed by atoms with Gasteiger partial charge in [0, 0.05) is 5.39 Å². The summed E-state index contributed by atoms with van der Waals surface area (Å²) in [5, 5.41) is 0.991. The number of carbonyl (C=O) groups is 1. The number of Topliss-reactive ketones (excluding diaryl/α,β-unsaturated/α-hetero) is 1. The molecular formula is C17H21NO2. The van der Waals surface area contributed by atoms with E-state index in [0.717, 1.165) is 24.1 Å². The zero-order valence-electron chi connectivity index (χ0n) is 12.2. The molecule has 2 heterocycles. The second-order valence-electron chi connectivity index (χ2n) is 6.08. The van der Waals surface area contributed by atoms with Crippen LogP contribution in [0.1, 0.15) is 43.7 Å². The summed E-state index contributed by atoms with van der Waals surface area (Å²) < 4.78 is 5.73. The molecule has 3 heteroatoms. The van der Waals surface area contributed by atoms with E-state index in [9.17, 15) is 4.79 Å². The van der Waals surface area contributed by atoms with Crippen molar-refractivity contribution < 1.29 is 9.21 Å². The first-order valence-electron chi connectivity index (χ1n) is 7.37. The highest BCUT2D eigenvalue weighted by atomic mass is 16.3. The van der Waals surface area contributed by atoms with E-state index in [1.807, 2.05) is 44.2 Å². The standard InChI is InChI=1S/C17H21NO2/c1-17(2,18-10-6-3-7-11-18)16(19)15-12-13-8-4-5-9-14(13)20-15/h4-5,8-9,12H,3,6-7,10-11H2,1-2H3. The highest BCUT2D eigenvalue weighted by Gasteiger charge is 2.37. The van der Waals surface area contributed by atoms with Crippen LogP contribution in [-0.4, -0.2) is 29.3 Å². The lowest BCUT2D eigenvalue weighted by Gasteiger charge is -2.39. The van der Waals surface area contributed by atoms with Crippen molar-refractivity contribution >= 4 is 16.8 Å². The molecule has 0 atom stereocenters. The fraction of sp³-hybridized carbons (Fsp3) is 0.471. The minimum absolute atomic E-state index is 0.0793. The first-order valence-corrected chi connectivity index (χ1v) is 7.37. The fourth-order valence-electron chi connectivity index (χ4n) is 2.99. The largest absolute Gasteiger partial charge is 0.453 e. The molecule has 20 heavy (non-hydrogen) atoms. The smallest absolute Gasteiger partial charge is 0.217 e. The summed E-state index contributed by atoms with van der Waals surface area (Å²) in [5.74, 6) is 0.553. The average Bonchev–Trinajstić information content (AvgIpc) is 2.91. The fourth-order valence-corrected chi connectivity index (χ4v) is 2.99. The third-order valence-corrected chi connectivity index (χ3v) is 4.35. The van der Waals surface area contributed by atoms with Crippen LogP contribution in [0.15, 0.2) is 34.7 Å². The van der Waals surface area contributed by atoms with Crippen molar-refractivity contribution in [1.29, 1.82) is 0 Å². The lowest BCUT2D eigenvalue weighted by molar-refractivity contribution is 0.0553. The molecule has 1 aromatic heterocycles. The van der Waals surface area contributed by atoms with Crippen LogP contribution in [0.3, 0.4) is 0 Å². The Labute approximate surface area is 119 Å². The number of likely N-dealkylation sites (tertiary alicyclic amines) is 1. The van der Waals surface area contributed by atoms with E-state index in [-0.39, 0.29) is 5.78 Å². The zero-order valence-corrected chi connectivity index (χ0v) is 12.2. The first kappa shape index (κ1) is 13.4. The number of fused-ring (bicyclic) bond motifs is 1. The lowest BCUT2D eigenvalue weighted by Crippen LogP contribution is -2.52. The topological polar surface area (TPSA) is 33.5 Å². The molecule has 1 saturated heterocycles. The van der Waals surface area contributed by atoms with Crippen LogP contribution in [-0.2, 0) is 0 Å². The van der Waals surface area contributed by atoms with Gasteiger partial charge in [-0.2, -0.15) is 0 Å². The van der Waals surface area contributed by atoms with Gasteiger partial charge in [0.05, 0.1) is 5.54 Å². The Balaban J connectivity index is 1.90. The number of ketones is 1. The van der Waals surface area contributed by atoms with Gasteiger partial charge in [-0.25, -0.2) is 0 Å². The van der Waals surface area contributed by atoms with Crippen molar-refractivity contribution in [2.45, 2.75) is 38.6 Å². The maximum atomic E-state index is 12.8. The summed E-state index contributed by atoms with van der Waals surface area (Å²) in [7, 11) is 0. The van der Waals surface area contributed by atoms with E-state index in [0.29, 0.717) is 5.76 Å². The van der Waals surface area contributed by atoms with Crippen molar-refractivity contribution in [2.75, 3.05) is 13.1 Å². The van der Waals surface area contributed by atoms with Gasteiger partial charge < -0.3 is 4.42 Å². The predicted molar refractivity (Wildman–Crippen MR) is 80.0 cm³/mol. The van der Waals surface area contributed by atoms with Gasteiger partial charge in [-0.3, -0.25) is 9.69 Å². The molecule has 0 radical (unpaired) electrons. The Morgan fingerprint density at radius 1 is 1.15 bits per heavy atom. The molecule has 1 aliphatic heterocycles. The van der Waals surface area contributed by atoms with E-state index >= 15 is 0 Å². The molecule has 0 saturated carbocycles. The third-order valence-electron chi connectivity index (χ3n) is 4.35. The summed E-state index contributed by atoms with van der Waals surface area (Å²) in [6, 6.07) is 9.63. The third kappa shape index (κ3) is 2.27. The van der Waals surface area contributed by atoms with Gasteiger partial charge in [-0.15, -0.1) is 0 Å². The predicted octanol–water partition coefficient (Wildman–Crippen LogP) is 3.88. The van der Waals surface area contributed by atoms with Crippen molar-refractivity contribution in [1.82, 2.24) is 4.90 Å². The molecule has 1 aliphatic rings. The maximum absolute atomic E-state index is 12.8. The van der Waals surface area contributed by atoms with E-state index < -0.39 is 5.54 Å². The number of piperidine rings is 1. The molecule has 0 bridgehead atoms. The van der Waals surface area contributed by atoms with Crippen LogP contribution in [0.25, 0.3) is 11.0 Å². The van der Waals surface area contributed by atoms with Gasteiger partial charge in [-0.05, 0) is 51.9 Å². The van der Waals surface area contributed by atoms with Crippen molar-refractivity contribution in [3.8, 4) is 0 Å². The number of hydrogen-bond acceptors (Lipinski definition) is 3. The van der Waals surface area contributed by atoms with E-state index in [2.05, 4.69) is 4.90 Å². The van der Waals surface area contributed by atoms with Crippen LogP contribution in [0.4, 0.5) is 0 Å². The number of furan rings is 1. The van der Waals surface area contributed by atoms with Crippen molar-refractivity contribution in [3.05, 3.63) is 36.1 Å². The lowest BCUT2D eigenvalue weighted by atomic mass is 9.92. The van der Waals surface area contributed by atoms with Crippen LogP contribution >= 0.6 is 0 Å². The number of hydrogen-bond donors (Lipinski definition) is 0. The summed E-state index contributed by atoms with van der Waals surface area (Å²) >= 11 is 0. The van der Waals surface area contributed by atoms with Crippen LogP contribution in [0, 0.1) is 0 Å². The van der Waals surface area contributed by atoms with Gasteiger partial charge in [-0.1, -0.05) is 24.6 Å². The van der Waals surface area contributed by atoms with Gasteiger partial charge >= 0.3 is 0 Å². The summed E-state index contributed by atoms with van der Waals surface area (Å²) in [5.41, 5.74) is 0.291. The summed E-state index contributed by atoms with van der Waals surface area (Å²) in [6.45, 7) is 6.01. The normalized spacial score (nSPS) is 17.5. The van der Waals surface area contributed by atoms with E-state index in [1.54, 1.807) is 0 Å². The highest BCUT2D eigenvalue weighted by molar-refractivity contribution is 6.03. The van der Waals surface area contributed by atoms with Gasteiger partial charge in [0.25, 0.3) is 0 Å². The quantitative estimate of drug-likeness (QED) is 0.794. The van der Waals surface area contributed by atoms with Gasteiger partial charge in [0.15, 0.2) is 5.76 Å². The van der Waals surface area contributed by atoms with Crippen molar-refractivity contribution in [2.24, 2.45) is 0 Å². The number of benzene rings is 1. The molecule has 0 aliphatic carbocycles. The Bertz CT molecular complexity index is 588. The van der Waals surface area contributed by atoms with Crippen LogP contribution < -0.4 is 0 Å². The summed E-state index contributed by atoms with van der Waals surface area (Å²) in [6.07, 6.45) is 3.62. The van der Waals surface area contributed by atoms with Crippen LogP contribution in [0.2, 0.25) is 0 Å². The monoisotopic (exact) mass is 271 g/mol. The second-order valence-corrected chi connectivity index (χ2v) is 6.08. The van der Waals surface area contributed by atoms with E-state index in [1.165, 1.54) is 19.3 Å². The molecule has 3 rings (SSSR count). The minimum atomic E-state index is -0.492. The van der Waals surface area contributed by atoms with Crippen molar-refractivity contribution in [3.63, 3.8) is 0 Å². The van der Waals surface area contributed by atoms with E-state index in [4.69, 9.17) is 4.42 Å². The number of rotatable bonds is 3. The van der Waals surface area contributed by atoms with Gasteiger partial charge in [0.1, 0.15) is 5.58 Å². The Morgan fingerprint density at radius 2 is 1.85 bits per heavy atom.